The minimum Gasteiger partial charge on any atom is -0.478 e. The van der Waals surface area contributed by atoms with E-state index in [0.717, 1.165) is 18.2 Å². The molecule has 0 fully saturated rings. The summed E-state index contributed by atoms with van der Waals surface area (Å²) in [5, 5.41) is 17.8. The van der Waals surface area contributed by atoms with Crippen LogP contribution in [0.4, 0.5) is 0 Å². The fourth-order valence-electron chi connectivity index (χ4n) is 1.49. The van der Waals surface area contributed by atoms with E-state index in [2.05, 4.69) is 4.72 Å². The molecule has 0 saturated heterocycles. The molecule has 20 heavy (non-hydrogen) atoms. The summed E-state index contributed by atoms with van der Waals surface area (Å²) in [6.45, 7) is 3.20. The van der Waals surface area contributed by atoms with Crippen LogP contribution in [0.15, 0.2) is 23.1 Å². The van der Waals surface area contributed by atoms with Crippen molar-refractivity contribution in [3.05, 3.63) is 28.8 Å². The van der Waals surface area contributed by atoms with Crippen molar-refractivity contribution in [1.29, 1.82) is 0 Å². The fourth-order valence-corrected chi connectivity index (χ4v) is 3.22. The number of benzene rings is 1. The molecule has 3 N–H and O–H groups in total. The van der Waals surface area contributed by atoms with Crippen molar-refractivity contribution in [1.82, 2.24) is 4.72 Å². The molecule has 0 saturated carbocycles. The largest absolute Gasteiger partial charge is 0.478 e. The zero-order valence-electron chi connectivity index (χ0n) is 11.0. The number of nitrogens with one attached hydrogen (secondary N) is 1. The van der Waals surface area contributed by atoms with Gasteiger partial charge in [0.2, 0.25) is 10.0 Å². The fraction of sp³-hybridized carbons (Fsp3) is 0.417. The molecule has 112 valence electrons. The molecule has 1 rings (SSSR count). The van der Waals surface area contributed by atoms with Gasteiger partial charge in [-0.2, -0.15) is 0 Å². The average Bonchev–Trinajstić information content (AvgIpc) is 2.35. The number of hydrogen-bond acceptors (Lipinski definition) is 4. The van der Waals surface area contributed by atoms with Crippen molar-refractivity contribution >= 4 is 27.6 Å². The van der Waals surface area contributed by atoms with Crippen molar-refractivity contribution in [3.8, 4) is 0 Å². The van der Waals surface area contributed by atoms with Crippen LogP contribution in [0.25, 0.3) is 0 Å². The summed E-state index contributed by atoms with van der Waals surface area (Å²) < 4.78 is 26.6. The van der Waals surface area contributed by atoms with E-state index in [4.69, 9.17) is 21.8 Å². The van der Waals surface area contributed by atoms with Crippen molar-refractivity contribution in [2.24, 2.45) is 5.92 Å². The molecule has 0 aromatic heterocycles. The Bertz CT molecular complexity index is 600. The van der Waals surface area contributed by atoms with Crippen LogP contribution in [0, 0.1) is 5.92 Å². The molecule has 0 amide bonds. The second-order valence-corrected chi connectivity index (χ2v) is 6.72. The van der Waals surface area contributed by atoms with E-state index in [1.54, 1.807) is 13.8 Å². The summed E-state index contributed by atoms with van der Waals surface area (Å²) in [5.74, 6) is -1.33. The van der Waals surface area contributed by atoms with Crippen LogP contribution in [0.2, 0.25) is 5.02 Å². The molecule has 1 unspecified atom stereocenters. The average molecular weight is 322 g/mol. The molecule has 0 aliphatic carbocycles. The Morgan fingerprint density at radius 1 is 1.40 bits per heavy atom. The first-order valence-electron chi connectivity index (χ1n) is 5.85. The van der Waals surface area contributed by atoms with Gasteiger partial charge in [0.25, 0.3) is 0 Å². The van der Waals surface area contributed by atoms with Crippen LogP contribution in [-0.4, -0.2) is 37.2 Å². The number of carboxylic acids is 1. The molecule has 0 aliphatic rings. The third-order valence-corrected chi connectivity index (χ3v) is 4.59. The number of carboxylic acid groups (broad SMARTS) is 1. The van der Waals surface area contributed by atoms with Gasteiger partial charge in [0.1, 0.15) is 0 Å². The van der Waals surface area contributed by atoms with Crippen LogP contribution in [-0.2, 0) is 10.0 Å². The minimum absolute atomic E-state index is 0.0939. The third kappa shape index (κ3) is 3.92. The van der Waals surface area contributed by atoms with Crippen LogP contribution >= 0.6 is 11.6 Å². The number of aromatic carboxylic acids is 1. The van der Waals surface area contributed by atoms with Crippen LogP contribution in [0.1, 0.15) is 24.2 Å². The third-order valence-electron chi connectivity index (χ3n) is 2.79. The normalized spacial score (nSPS) is 13.4. The number of aliphatic hydroxyl groups excluding tert-OH is 1. The van der Waals surface area contributed by atoms with Gasteiger partial charge in [0.15, 0.2) is 0 Å². The SMILES string of the molecule is CC(C)C(CO)NS(=O)(=O)c1ccc(C(=O)O)c(Cl)c1. The highest BCUT2D eigenvalue weighted by Crippen LogP contribution is 2.21. The first-order valence-corrected chi connectivity index (χ1v) is 7.71. The number of carbonyl (C=O) groups is 1. The molecule has 0 heterocycles. The standard InChI is InChI=1S/C12H16ClNO5S/c1-7(2)11(6-15)14-20(18,19)8-3-4-9(12(16)17)10(13)5-8/h3-5,7,11,14-15H,6H2,1-2H3,(H,16,17). The van der Waals surface area contributed by atoms with E-state index < -0.39 is 22.0 Å². The minimum atomic E-state index is -3.87. The summed E-state index contributed by atoms with van der Waals surface area (Å²) in [6.07, 6.45) is 0. The summed E-state index contributed by atoms with van der Waals surface area (Å²) >= 11 is 5.74. The van der Waals surface area contributed by atoms with Gasteiger partial charge in [-0.05, 0) is 24.1 Å². The quantitative estimate of drug-likeness (QED) is 0.733. The topological polar surface area (TPSA) is 104 Å². The molecule has 0 bridgehead atoms. The highest BCUT2D eigenvalue weighted by Gasteiger charge is 2.23. The van der Waals surface area contributed by atoms with E-state index >= 15 is 0 Å². The van der Waals surface area contributed by atoms with Gasteiger partial charge in [-0.3, -0.25) is 0 Å². The molecule has 0 aliphatic heterocycles. The van der Waals surface area contributed by atoms with Crippen molar-refractivity contribution in [2.75, 3.05) is 6.61 Å². The maximum Gasteiger partial charge on any atom is 0.337 e. The van der Waals surface area contributed by atoms with Gasteiger partial charge in [-0.15, -0.1) is 0 Å². The van der Waals surface area contributed by atoms with Crippen molar-refractivity contribution in [2.45, 2.75) is 24.8 Å². The Morgan fingerprint density at radius 2 is 2.00 bits per heavy atom. The number of rotatable bonds is 6. The van der Waals surface area contributed by atoms with Crippen LogP contribution in [0.3, 0.4) is 0 Å². The number of hydrogen-bond donors (Lipinski definition) is 3. The Morgan fingerprint density at radius 3 is 2.40 bits per heavy atom. The van der Waals surface area contributed by atoms with Gasteiger partial charge in [-0.25, -0.2) is 17.9 Å². The van der Waals surface area contributed by atoms with Gasteiger partial charge in [0.05, 0.1) is 22.1 Å². The Hall–Kier alpha value is -1.15. The van der Waals surface area contributed by atoms with E-state index in [1.165, 1.54) is 0 Å². The van der Waals surface area contributed by atoms with Crippen molar-refractivity contribution < 1.29 is 23.4 Å². The lowest BCUT2D eigenvalue weighted by atomic mass is 10.1. The summed E-state index contributed by atoms with van der Waals surface area (Å²) in [5.41, 5.74) is -0.173. The second kappa shape index (κ2) is 6.53. The Labute approximate surface area is 122 Å². The van der Waals surface area contributed by atoms with E-state index in [9.17, 15) is 13.2 Å². The van der Waals surface area contributed by atoms with Gasteiger partial charge in [0, 0.05) is 6.04 Å². The second-order valence-electron chi connectivity index (χ2n) is 4.60. The lowest BCUT2D eigenvalue weighted by Gasteiger charge is -2.20. The summed E-state index contributed by atoms with van der Waals surface area (Å²) in [7, 11) is -3.87. The van der Waals surface area contributed by atoms with Crippen molar-refractivity contribution in [3.63, 3.8) is 0 Å². The van der Waals surface area contributed by atoms with E-state index in [0.29, 0.717) is 0 Å². The smallest absolute Gasteiger partial charge is 0.337 e. The zero-order chi connectivity index (χ0) is 15.5. The molecular weight excluding hydrogens is 306 g/mol. The molecule has 6 nitrogen and oxygen atoms in total. The Balaban J connectivity index is 3.10. The molecule has 1 atom stereocenters. The van der Waals surface area contributed by atoms with Gasteiger partial charge >= 0.3 is 5.97 Å². The van der Waals surface area contributed by atoms with E-state index in [-0.39, 0.29) is 28.0 Å². The monoisotopic (exact) mass is 321 g/mol. The van der Waals surface area contributed by atoms with Gasteiger partial charge in [-0.1, -0.05) is 25.4 Å². The molecule has 0 spiro atoms. The summed E-state index contributed by atoms with van der Waals surface area (Å²) in [4.78, 5) is 10.7. The van der Waals surface area contributed by atoms with Crippen LogP contribution < -0.4 is 4.72 Å². The lowest BCUT2D eigenvalue weighted by molar-refractivity contribution is 0.0697. The van der Waals surface area contributed by atoms with E-state index in [1.807, 2.05) is 0 Å². The molecule has 1 aromatic rings. The maximum atomic E-state index is 12.1. The highest BCUT2D eigenvalue weighted by molar-refractivity contribution is 7.89. The Kier molecular flexibility index (Phi) is 5.52. The number of aliphatic hydroxyl groups is 1. The molecule has 0 radical (unpaired) electrons. The zero-order valence-corrected chi connectivity index (χ0v) is 12.6. The predicted molar refractivity (Wildman–Crippen MR) is 74.4 cm³/mol. The molecule has 1 aromatic carbocycles. The first-order chi connectivity index (χ1) is 9.19. The predicted octanol–water partition coefficient (Wildman–Crippen LogP) is 1.33. The first kappa shape index (κ1) is 16.9. The van der Waals surface area contributed by atoms with Gasteiger partial charge < -0.3 is 10.2 Å². The number of halogens is 1. The molecule has 8 heteroatoms. The van der Waals surface area contributed by atoms with Crippen LogP contribution in [0.5, 0.6) is 0 Å². The molecular formula is C12H16ClNO5S. The number of sulfonamides is 1. The maximum absolute atomic E-state index is 12.1. The lowest BCUT2D eigenvalue weighted by Crippen LogP contribution is -2.41. The summed E-state index contributed by atoms with van der Waals surface area (Å²) in [6, 6.07) is 2.73. The highest BCUT2D eigenvalue weighted by atomic mass is 35.5.